The van der Waals surface area contributed by atoms with Crippen LogP contribution in [0, 0.1) is 11.8 Å². The van der Waals surface area contributed by atoms with Gasteiger partial charge < -0.3 is 5.21 Å². The monoisotopic (exact) mass is 299 g/mol. The Labute approximate surface area is 132 Å². The molecule has 4 heteroatoms. The number of hydrogen-bond acceptors (Lipinski definition) is 4. The number of rotatable bonds is 3. The van der Waals surface area contributed by atoms with E-state index in [-0.39, 0.29) is 0 Å². The number of hydrogen-bond donors (Lipinski definition) is 1. The standard InChI is InChI=1S/C18H25N3O/c22-19-17-15-6-7-16(12-15)18(17)21-10-8-20(9-11-21)13-14-4-2-1-3-5-14/h1-5,15-16,18,22H,6-13H2/b19-17+/t15-,16-,18+/m0/s1. The Bertz CT molecular complexity index is 537. The number of piperazine rings is 1. The Morgan fingerprint density at radius 2 is 1.82 bits per heavy atom. The predicted octanol–water partition coefficient (Wildman–Crippen LogP) is 2.43. The van der Waals surface area contributed by atoms with Gasteiger partial charge in [-0.05, 0) is 30.7 Å². The number of benzene rings is 1. The van der Waals surface area contributed by atoms with Gasteiger partial charge in [0, 0.05) is 38.6 Å². The zero-order valence-corrected chi connectivity index (χ0v) is 13.1. The maximum Gasteiger partial charge on any atom is 0.0775 e. The van der Waals surface area contributed by atoms with Crippen molar-refractivity contribution in [1.29, 1.82) is 0 Å². The number of oxime groups is 1. The van der Waals surface area contributed by atoms with Gasteiger partial charge in [-0.15, -0.1) is 0 Å². The average Bonchev–Trinajstić information content (AvgIpc) is 3.17. The van der Waals surface area contributed by atoms with E-state index in [0.29, 0.717) is 12.0 Å². The predicted molar refractivity (Wildman–Crippen MR) is 87.1 cm³/mol. The first kappa shape index (κ1) is 14.2. The molecule has 2 saturated carbocycles. The van der Waals surface area contributed by atoms with Crippen molar-refractivity contribution in [2.24, 2.45) is 17.0 Å². The summed E-state index contributed by atoms with van der Waals surface area (Å²) in [6.45, 7) is 5.47. The van der Waals surface area contributed by atoms with Gasteiger partial charge in [-0.25, -0.2) is 0 Å². The highest BCUT2D eigenvalue weighted by Gasteiger charge is 2.48. The molecule has 1 saturated heterocycles. The maximum atomic E-state index is 9.39. The Balaban J connectivity index is 1.36. The molecule has 1 aromatic rings. The first-order valence-corrected chi connectivity index (χ1v) is 8.57. The molecule has 1 N–H and O–H groups in total. The van der Waals surface area contributed by atoms with Gasteiger partial charge in [0.25, 0.3) is 0 Å². The largest absolute Gasteiger partial charge is 0.411 e. The minimum absolute atomic E-state index is 0.419. The summed E-state index contributed by atoms with van der Waals surface area (Å²) in [6, 6.07) is 11.1. The fraction of sp³-hybridized carbons (Fsp3) is 0.611. The third kappa shape index (κ3) is 2.55. The van der Waals surface area contributed by atoms with Gasteiger partial charge in [-0.1, -0.05) is 35.5 Å². The van der Waals surface area contributed by atoms with Crippen molar-refractivity contribution in [2.75, 3.05) is 26.2 Å². The van der Waals surface area contributed by atoms with E-state index >= 15 is 0 Å². The van der Waals surface area contributed by atoms with Crippen LogP contribution in [0.25, 0.3) is 0 Å². The molecule has 22 heavy (non-hydrogen) atoms. The summed E-state index contributed by atoms with van der Waals surface area (Å²) in [5.74, 6) is 1.29. The Kier molecular flexibility index (Phi) is 3.89. The van der Waals surface area contributed by atoms with Crippen LogP contribution in [0.4, 0.5) is 0 Å². The Hall–Kier alpha value is -1.39. The second-order valence-corrected chi connectivity index (χ2v) is 7.04. The molecule has 0 amide bonds. The van der Waals surface area contributed by atoms with Crippen LogP contribution >= 0.6 is 0 Å². The first-order valence-electron chi connectivity index (χ1n) is 8.57. The minimum Gasteiger partial charge on any atom is -0.411 e. The van der Waals surface area contributed by atoms with E-state index in [9.17, 15) is 5.21 Å². The van der Waals surface area contributed by atoms with E-state index in [1.54, 1.807) is 0 Å². The molecule has 2 bridgehead atoms. The number of nitrogens with zero attached hydrogens (tertiary/aromatic N) is 3. The van der Waals surface area contributed by atoms with Crippen LogP contribution < -0.4 is 0 Å². The second-order valence-electron chi connectivity index (χ2n) is 7.04. The van der Waals surface area contributed by atoms with Crippen molar-refractivity contribution >= 4 is 5.71 Å². The second kappa shape index (κ2) is 6.01. The molecular weight excluding hydrogens is 274 g/mol. The van der Waals surface area contributed by atoms with Crippen LogP contribution in [-0.4, -0.2) is 52.9 Å². The van der Waals surface area contributed by atoms with Gasteiger partial charge >= 0.3 is 0 Å². The molecule has 4 rings (SSSR count). The van der Waals surface area contributed by atoms with Crippen LogP contribution in [0.3, 0.4) is 0 Å². The third-order valence-electron chi connectivity index (χ3n) is 5.81. The van der Waals surface area contributed by atoms with Gasteiger partial charge in [0.2, 0.25) is 0 Å². The molecule has 1 aliphatic heterocycles. The van der Waals surface area contributed by atoms with Crippen molar-refractivity contribution in [3.63, 3.8) is 0 Å². The molecule has 118 valence electrons. The Morgan fingerprint density at radius 1 is 1.05 bits per heavy atom. The lowest BCUT2D eigenvalue weighted by molar-refractivity contribution is 0.0946. The molecule has 0 spiro atoms. The first-order chi connectivity index (χ1) is 10.8. The van der Waals surface area contributed by atoms with E-state index < -0.39 is 0 Å². The lowest BCUT2D eigenvalue weighted by atomic mass is 9.91. The summed E-state index contributed by atoms with van der Waals surface area (Å²) in [5, 5.41) is 13.1. The topological polar surface area (TPSA) is 39.1 Å². The number of fused-ring (bicyclic) bond motifs is 2. The molecule has 2 aliphatic carbocycles. The van der Waals surface area contributed by atoms with E-state index in [2.05, 4.69) is 45.3 Å². The quantitative estimate of drug-likeness (QED) is 0.688. The lowest BCUT2D eigenvalue weighted by Crippen LogP contribution is -2.54. The third-order valence-corrected chi connectivity index (χ3v) is 5.81. The minimum atomic E-state index is 0.419. The van der Waals surface area contributed by atoms with E-state index in [1.165, 1.54) is 24.8 Å². The van der Waals surface area contributed by atoms with Crippen molar-refractivity contribution < 1.29 is 5.21 Å². The van der Waals surface area contributed by atoms with Crippen molar-refractivity contribution in [3.05, 3.63) is 35.9 Å². The molecule has 1 heterocycles. The van der Waals surface area contributed by atoms with Crippen molar-refractivity contribution in [3.8, 4) is 0 Å². The highest BCUT2D eigenvalue weighted by atomic mass is 16.4. The lowest BCUT2D eigenvalue weighted by Gasteiger charge is -2.41. The van der Waals surface area contributed by atoms with Crippen molar-refractivity contribution in [2.45, 2.75) is 31.8 Å². The summed E-state index contributed by atoms with van der Waals surface area (Å²) in [5.41, 5.74) is 2.47. The zero-order valence-electron chi connectivity index (χ0n) is 13.1. The van der Waals surface area contributed by atoms with E-state index in [0.717, 1.165) is 44.4 Å². The summed E-state index contributed by atoms with van der Waals surface area (Å²) in [4.78, 5) is 5.11. The van der Waals surface area contributed by atoms with Crippen LogP contribution in [0.1, 0.15) is 24.8 Å². The summed E-state index contributed by atoms with van der Waals surface area (Å²) >= 11 is 0. The zero-order chi connectivity index (χ0) is 14.9. The van der Waals surface area contributed by atoms with Crippen molar-refractivity contribution in [1.82, 2.24) is 9.80 Å². The fourth-order valence-corrected chi connectivity index (χ4v) is 4.72. The van der Waals surface area contributed by atoms with E-state index in [4.69, 9.17) is 0 Å². The van der Waals surface area contributed by atoms with Crippen LogP contribution in [-0.2, 0) is 6.54 Å². The molecule has 0 radical (unpaired) electrons. The Morgan fingerprint density at radius 3 is 2.55 bits per heavy atom. The molecule has 4 nitrogen and oxygen atoms in total. The summed E-state index contributed by atoms with van der Waals surface area (Å²) < 4.78 is 0. The molecule has 3 atom stereocenters. The molecular formula is C18H25N3O. The molecule has 1 aromatic carbocycles. The average molecular weight is 299 g/mol. The maximum absolute atomic E-state index is 9.39. The van der Waals surface area contributed by atoms with Crippen LogP contribution in [0.15, 0.2) is 35.5 Å². The molecule has 0 aromatic heterocycles. The molecule has 3 fully saturated rings. The van der Waals surface area contributed by atoms with E-state index in [1.807, 2.05) is 0 Å². The van der Waals surface area contributed by atoms with Gasteiger partial charge in [-0.2, -0.15) is 0 Å². The fourth-order valence-electron chi connectivity index (χ4n) is 4.72. The van der Waals surface area contributed by atoms with Crippen LogP contribution in [0.2, 0.25) is 0 Å². The van der Waals surface area contributed by atoms with Gasteiger partial charge in [0.05, 0.1) is 11.8 Å². The normalized spacial score (nSPS) is 34.5. The summed E-state index contributed by atoms with van der Waals surface area (Å²) in [6.07, 6.45) is 3.79. The summed E-state index contributed by atoms with van der Waals surface area (Å²) in [7, 11) is 0. The highest BCUT2D eigenvalue weighted by Crippen LogP contribution is 2.45. The van der Waals surface area contributed by atoms with Gasteiger partial charge in [0.1, 0.15) is 0 Å². The highest BCUT2D eigenvalue weighted by molar-refractivity contribution is 5.94. The van der Waals surface area contributed by atoms with Gasteiger partial charge in [0.15, 0.2) is 0 Å². The SMILES string of the molecule is O/N=C1\[C@H]2CC[C@@H](C2)[C@H]1N1CCN(Cc2ccccc2)CC1. The molecule has 3 aliphatic rings. The molecule has 0 unspecified atom stereocenters. The van der Waals surface area contributed by atoms with Gasteiger partial charge in [-0.3, -0.25) is 9.80 Å². The van der Waals surface area contributed by atoms with Crippen LogP contribution in [0.5, 0.6) is 0 Å². The smallest absolute Gasteiger partial charge is 0.0775 e.